The molecule has 0 aromatic carbocycles. The Bertz CT molecular complexity index is 868. The number of rotatable bonds is 4. The Labute approximate surface area is 161 Å². The molecule has 0 saturated carbocycles. The quantitative estimate of drug-likeness (QED) is 0.675. The fourth-order valence-electron chi connectivity index (χ4n) is 4.21. The number of H-pyrrole nitrogens is 2. The van der Waals surface area contributed by atoms with Crippen molar-refractivity contribution in [2.75, 3.05) is 7.11 Å². The first kappa shape index (κ1) is 17.9. The van der Waals surface area contributed by atoms with Crippen LogP contribution >= 0.6 is 0 Å². The van der Waals surface area contributed by atoms with Crippen LogP contribution in [0.4, 0.5) is 0 Å². The molecule has 1 aliphatic carbocycles. The summed E-state index contributed by atoms with van der Waals surface area (Å²) in [6.45, 7) is 2.30. The third kappa shape index (κ3) is 3.80. The minimum atomic E-state index is 0.597. The minimum absolute atomic E-state index is 0.597. The maximum atomic E-state index is 5.63. The van der Waals surface area contributed by atoms with Crippen LogP contribution in [-0.2, 0) is 0 Å². The van der Waals surface area contributed by atoms with Crippen molar-refractivity contribution < 1.29 is 4.74 Å². The maximum Gasteiger partial charge on any atom is 0.144 e. The zero-order chi connectivity index (χ0) is 18.6. The van der Waals surface area contributed by atoms with Crippen molar-refractivity contribution in [1.29, 1.82) is 0 Å². The molecule has 1 aliphatic heterocycles. The van der Waals surface area contributed by atoms with Gasteiger partial charge in [-0.3, -0.25) is 4.99 Å². The van der Waals surface area contributed by atoms with E-state index in [-0.39, 0.29) is 0 Å². The van der Waals surface area contributed by atoms with Gasteiger partial charge in [-0.1, -0.05) is 26.2 Å². The standard InChI is InChI=1S/C23H29N3O/c1-3-16-9-6-4-5-7-10-17-13-18(16)20(25-17)14-22-23(27-2)15-21(26-22)19-11-8-12-24-19/h8,11-16,24,26H,3-7,9-10H2,1-2H3/t16-/m1/s1. The zero-order valence-electron chi connectivity index (χ0n) is 16.3. The van der Waals surface area contributed by atoms with E-state index in [4.69, 9.17) is 9.73 Å². The molecule has 4 nitrogen and oxygen atoms in total. The summed E-state index contributed by atoms with van der Waals surface area (Å²) in [5.74, 6) is 1.45. The van der Waals surface area contributed by atoms with Crippen molar-refractivity contribution in [1.82, 2.24) is 9.97 Å². The van der Waals surface area contributed by atoms with E-state index in [0.29, 0.717) is 5.92 Å². The Hall–Kier alpha value is -2.49. The number of ether oxygens (including phenoxy) is 1. The van der Waals surface area contributed by atoms with Gasteiger partial charge < -0.3 is 14.7 Å². The molecule has 0 saturated heterocycles. The molecule has 142 valence electrons. The molecule has 0 radical (unpaired) electrons. The molecule has 0 fully saturated rings. The topological polar surface area (TPSA) is 53.2 Å². The lowest BCUT2D eigenvalue weighted by molar-refractivity contribution is 0.414. The van der Waals surface area contributed by atoms with Crippen molar-refractivity contribution in [2.24, 2.45) is 10.9 Å². The van der Waals surface area contributed by atoms with E-state index in [9.17, 15) is 0 Å². The van der Waals surface area contributed by atoms with Gasteiger partial charge in [-0.15, -0.1) is 0 Å². The summed E-state index contributed by atoms with van der Waals surface area (Å²) in [7, 11) is 1.72. The fourth-order valence-corrected chi connectivity index (χ4v) is 4.21. The highest BCUT2D eigenvalue weighted by Gasteiger charge is 2.23. The Morgan fingerprint density at radius 1 is 1.22 bits per heavy atom. The Balaban J connectivity index is 1.71. The predicted octanol–water partition coefficient (Wildman–Crippen LogP) is 6.12. The lowest BCUT2D eigenvalue weighted by Crippen LogP contribution is -2.05. The van der Waals surface area contributed by atoms with Gasteiger partial charge >= 0.3 is 0 Å². The molecule has 0 spiro atoms. The molecule has 2 aromatic rings. The summed E-state index contributed by atoms with van der Waals surface area (Å²) >= 11 is 0. The number of fused-ring (bicyclic) bond motifs is 1. The molecule has 27 heavy (non-hydrogen) atoms. The highest BCUT2D eigenvalue weighted by molar-refractivity contribution is 6.00. The number of nitrogens with zero attached hydrogens (tertiary/aromatic N) is 1. The van der Waals surface area contributed by atoms with Crippen LogP contribution in [0.5, 0.6) is 5.75 Å². The number of aromatic nitrogens is 2. The minimum Gasteiger partial charge on any atom is -0.494 e. The van der Waals surface area contributed by atoms with Crippen LogP contribution in [0.15, 0.2) is 46.7 Å². The van der Waals surface area contributed by atoms with Crippen LogP contribution in [-0.4, -0.2) is 22.8 Å². The number of aliphatic imine (C=N–C) groups is 1. The van der Waals surface area contributed by atoms with Crippen molar-refractivity contribution in [3.63, 3.8) is 0 Å². The van der Waals surface area contributed by atoms with Crippen molar-refractivity contribution >= 4 is 11.8 Å². The predicted molar refractivity (Wildman–Crippen MR) is 112 cm³/mol. The summed E-state index contributed by atoms with van der Waals surface area (Å²) in [5.41, 5.74) is 6.83. The molecular formula is C23H29N3O. The second-order valence-electron chi connectivity index (χ2n) is 7.54. The van der Waals surface area contributed by atoms with E-state index in [1.54, 1.807) is 7.11 Å². The third-order valence-corrected chi connectivity index (χ3v) is 5.75. The number of aromatic amines is 2. The monoisotopic (exact) mass is 363 g/mol. The van der Waals surface area contributed by atoms with Gasteiger partial charge in [0.2, 0.25) is 0 Å². The lowest BCUT2D eigenvalue weighted by atomic mass is 9.87. The first-order chi connectivity index (χ1) is 13.3. The first-order valence-corrected chi connectivity index (χ1v) is 10.2. The van der Waals surface area contributed by atoms with E-state index >= 15 is 0 Å². The smallest absolute Gasteiger partial charge is 0.144 e. The van der Waals surface area contributed by atoms with Gasteiger partial charge in [0.05, 0.1) is 29.9 Å². The number of hydrogen-bond acceptors (Lipinski definition) is 2. The number of nitrogens with one attached hydrogen (secondary N) is 2. The van der Waals surface area contributed by atoms with E-state index in [1.807, 2.05) is 18.3 Å². The van der Waals surface area contributed by atoms with Crippen molar-refractivity contribution in [2.45, 2.75) is 51.9 Å². The average Bonchev–Trinajstić information content (AvgIpc) is 3.41. The van der Waals surface area contributed by atoms with E-state index in [0.717, 1.165) is 34.9 Å². The normalized spacial score (nSPS) is 21.9. The Kier molecular flexibility index (Phi) is 5.33. The molecule has 2 aromatic heterocycles. The zero-order valence-corrected chi connectivity index (χ0v) is 16.3. The van der Waals surface area contributed by atoms with Crippen LogP contribution in [0.25, 0.3) is 17.5 Å². The van der Waals surface area contributed by atoms with Crippen LogP contribution in [0.3, 0.4) is 0 Å². The second kappa shape index (κ2) is 8.03. The van der Waals surface area contributed by atoms with Crippen LogP contribution in [0.2, 0.25) is 0 Å². The van der Waals surface area contributed by atoms with Crippen LogP contribution < -0.4 is 4.74 Å². The summed E-state index contributed by atoms with van der Waals surface area (Å²) in [5, 5.41) is 0. The van der Waals surface area contributed by atoms with Gasteiger partial charge in [-0.2, -0.15) is 0 Å². The lowest BCUT2D eigenvalue weighted by Gasteiger charge is -2.17. The van der Waals surface area contributed by atoms with Gasteiger partial charge in [-0.05, 0) is 61.5 Å². The molecule has 2 N–H and O–H groups in total. The van der Waals surface area contributed by atoms with Gasteiger partial charge in [0.1, 0.15) is 5.75 Å². The van der Waals surface area contributed by atoms with Crippen molar-refractivity contribution in [3.05, 3.63) is 47.4 Å². The third-order valence-electron chi connectivity index (χ3n) is 5.75. The number of methoxy groups -OCH3 is 1. The molecule has 4 rings (SSSR count). The fraction of sp³-hybridized carbons (Fsp3) is 0.435. The summed E-state index contributed by atoms with van der Waals surface area (Å²) in [6, 6.07) is 6.11. The van der Waals surface area contributed by atoms with Crippen LogP contribution in [0.1, 0.15) is 57.6 Å². The SMILES string of the molecule is CC[C@@H]1CCCCCCC2=NC(=Cc3[nH]c(-c4ccc[nH]4)cc3OC)C1=C2. The highest BCUT2D eigenvalue weighted by atomic mass is 16.5. The number of hydrogen-bond donors (Lipinski definition) is 2. The molecule has 2 bridgehead atoms. The Morgan fingerprint density at radius 3 is 2.89 bits per heavy atom. The second-order valence-corrected chi connectivity index (χ2v) is 7.54. The highest BCUT2D eigenvalue weighted by Crippen LogP contribution is 2.37. The largest absolute Gasteiger partial charge is 0.494 e. The molecule has 3 heterocycles. The van der Waals surface area contributed by atoms with Crippen molar-refractivity contribution in [3.8, 4) is 17.1 Å². The molecule has 4 heteroatoms. The first-order valence-electron chi connectivity index (χ1n) is 10.2. The van der Waals surface area contributed by atoms with Gasteiger partial charge in [0.15, 0.2) is 0 Å². The molecule has 2 aliphatic rings. The molecule has 0 unspecified atom stereocenters. The van der Waals surface area contributed by atoms with E-state index < -0.39 is 0 Å². The average molecular weight is 364 g/mol. The van der Waals surface area contributed by atoms with Gasteiger partial charge in [0, 0.05) is 18.0 Å². The summed E-state index contributed by atoms with van der Waals surface area (Å²) in [6.07, 6.45) is 15.2. The van der Waals surface area contributed by atoms with Gasteiger partial charge in [-0.25, -0.2) is 0 Å². The van der Waals surface area contributed by atoms with Crippen LogP contribution in [0, 0.1) is 5.92 Å². The summed E-state index contributed by atoms with van der Waals surface area (Å²) < 4.78 is 5.63. The molecular weight excluding hydrogens is 334 g/mol. The number of allylic oxidation sites excluding steroid dienone is 2. The maximum absolute atomic E-state index is 5.63. The molecule has 1 atom stereocenters. The summed E-state index contributed by atoms with van der Waals surface area (Å²) in [4.78, 5) is 11.7. The Morgan fingerprint density at radius 2 is 2.11 bits per heavy atom. The van der Waals surface area contributed by atoms with E-state index in [2.05, 4.69) is 35.1 Å². The molecule has 0 amide bonds. The van der Waals surface area contributed by atoms with Gasteiger partial charge in [0.25, 0.3) is 0 Å². The van der Waals surface area contributed by atoms with E-state index in [1.165, 1.54) is 49.8 Å².